The van der Waals surface area contributed by atoms with Crippen molar-refractivity contribution < 1.29 is 5.11 Å². The average molecular weight is 268 g/mol. The van der Waals surface area contributed by atoms with Gasteiger partial charge in [-0.3, -0.25) is 4.98 Å². The van der Waals surface area contributed by atoms with E-state index in [0.717, 1.165) is 16.8 Å². The third-order valence-electron chi connectivity index (χ3n) is 2.95. The summed E-state index contributed by atoms with van der Waals surface area (Å²) in [5.41, 5.74) is 3.27. The van der Waals surface area contributed by atoms with E-state index >= 15 is 0 Å². The van der Waals surface area contributed by atoms with E-state index in [1.54, 1.807) is 12.4 Å². The lowest BCUT2D eigenvalue weighted by Crippen LogP contribution is -2.08. The Morgan fingerprint density at radius 3 is 2.75 bits per heavy atom. The van der Waals surface area contributed by atoms with Crippen LogP contribution in [0.5, 0.6) is 0 Å². The van der Waals surface area contributed by atoms with Gasteiger partial charge in [-0.25, -0.2) is 4.98 Å². The Hall–Kier alpha value is -2.45. The number of anilines is 1. The molecule has 0 aliphatic heterocycles. The first-order valence-corrected chi connectivity index (χ1v) is 6.43. The zero-order valence-corrected chi connectivity index (χ0v) is 11.3. The quantitative estimate of drug-likeness (QED) is 0.812. The molecule has 0 spiro atoms. The van der Waals surface area contributed by atoms with Gasteiger partial charge >= 0.3 is 0 Å². The molecule has 20 heavy (non-hydrogen) atoms. The second kappa shape index (κ2) is 6.64. The molecule has 0 saturated heterocycles. The van der Waals surface area contributed by atoms with Gasteiger partial charge in [-0.15, -0.1) is 0 Å². The molecule has 0 aliphatic rings. The van der Waals surface area contributed by atoms with Gasteiger partial charge < -0.3 is 10.4 Å². The number of rotatable bonds is 5. The highest BCUT2D eigenvalue weighted by Gasteiger charge is 2.10. The van der Waals surface area contributed by atoms with Gasteiger partial charge in [0, 0.05) is 36.8 Å². The number of hydrogen-bond acceptors (Lipinski definition) is 5. The third kappa shape index (κ3) is 3.11. The van der Waals surface area contributed by atoms with Crippen molar-refractivity contribution in [1.82, 2.24) is 9.97 Å². The van der Waals surface area contributed by atoms with Crippen LogP contribution in [0.3, 0.4) is 0 Å². The van der Waals surface area contributed by atoms with Crippen LogP contribution in [0.15, 0.2) is 30.6 Å². The Morgan fingerprint density at radius 1 is 1.35 bits per heavy atom. The topological polar surface area (TPSA) is 81.8 Å². The molecule has 0 amide bonds. The van der Waals surface area contributed by atoms with E-state index < -0.39 is 0 Å². The number of aryl methyl sites for hydroxylation is 1. The molecule has 2 rings (SSSR count). The fourth-order valence-electron chi connectivity index (χ4n) is 1.93. The summed E-state index contributed by atoms with van der Waals surface area (Å²) < 4.78 is 0. The van der Waals surface area contributed by atoms with Gasteiger partial charge in [0.05, 0.1) is 5.56 Å². The van der Waals surface area contributed by atoms with Crippen molar-refractivity contribution >= 4 is 5.82 Å². The van der Waals surface area contributed by atoms with Gasteiger partial charge in [0.1, 0.15) is 11.9 Å². The molecule has 0 fully saturated rings. The van der Waals surface area contributed by atoms with Gasteiger partial charge in [-0.1, -0.05) is 0 Å². The van der Waals surface area contributed by atoms with Crippen LogP contribution in [0.25, 0.3) is 11.1 Å². The number of aromatic nitrogens is 2. The van der Waals surface area contributed by atoms with Crippen LogP contribution in [0.2, 0.25) is 0 Å². The van der Waals surface area contributed by atoms with Crippen LogP contribution in [0.1, 0.15) is 17.7 Å². The number of nitriles is 1. The zero-order chi connectivity index (χ0) is 14.4. The van der Waals surface area contributed by atoms with E-state index in [2.05, 4.69) is 21.4 Å². The smallest absolute Gasteiger partial charge is 0.144 e. The molecular formula is C15H16N4O. The SMILES string of the molecule is Cc1nc(NCCCO)c(C#N)cc1-c1ccncc1. The van der Waals surface area contributed by atoms with Crippen LogP contribution >= 0.6 is 0 Å². The Kier molecular flexibility index (Phi) is 4.64. The number of hydrogen-bond donors (Lipinski definition) is 2. The minimum Gasteiger partial charge on any atom is -0.396 e. The van der Waals surface area contributed by atoms with Crippen molar-refractivity contribution in [3.05, 3.63) is 41.9 Å². The maximum absolute atomic E-state index is 9.25. The van der Waals surface area contributed by atoms with Gasteiger partial charge in [-0.05, 0) is 37.1 Å². The summed E-state index contributed by atoms with van der Waals surface area (Å²) in [7, 11) is 0. The molecule has 5 heteroatoms. The molecule has 2 aromatic heterocycles. The number of nitrogens with zero attached hydrogens (tertiary/aromatic N) is 3. The summed E-state index contributed by atoms with van der Waals surface area (Å²) >= 11 is 0. The summed E-state index contributed by atoms with van der Waals surface area (Å²) in [5, 5.41) is 21.1. The number of aliphatic hydroxyl groups is 1. The summed E-state index contributed by atoms with van der Waals surface area (Å²) in [4.78, 5) is 8.45. The van der Waals surface area contributed by atoms with Crippen LogP contribution in [0.4, 0.5) is 5.82 Å². The highest BCUT2D eigenvalue weighted by molar-refractivity contribution is 5.70. The second-order valence-electron chi connectivity index (χ2n) is 4.37. The van der Waals surface area contributed by atoms with Gasteiger partial charge in [0.15, 0.2) is 0 Å². The molecule has 0 bridgehead atoms. The van der Waals surface area contributed by atoms with E-state index in [-0.39, 0.29) is 6.61 Å². The molecular weight excluding hydrogens is 252 g/mol. The predicted molar refractivity (Wildman–Crippen MR) is 77.1 cm³/mol. The summed E-state index contributed by atoms with van der Waals surface area (Å²) in [6, 6.07) is 7.77. The first kappa shape index (κ1) is 14.0. The van der Waals surface area contributed by atoms with Crippen molar-refractivity contribution in [1.29, 1.82) is 5.26 Å². The first-order valence-electron chi connectivity index (χ1n) is 6.43. The normalized spacial score (nSPS) is 10.1. The van der Waals surface area contributed by atoms with E-state index in [4.69, 9.17) is 5.11 Å². The molecule has 2 N–H and O–H groups in total. The molecule has 2 heterocycles. The first-order chi connectivity index (χ1) is 9.76. The van der Waals surface area contributed by atoms with E-state index in [1.165, 1.54) is 0 Å². The zero-order valence-electron chi connectivity index (χ0n) is 11.3. The fraction of sp³-hybridized carbons (Fsp3) is 0.267. The van der Waals surface area contributed by atoms with E-state index in [9.17, 15) is 5.26 Å². The number of pyridine rings is 2. The van der Waals surface area contributed by atoms with Crippen LogP contribution in [0, 0.1) is 18.3 Å². The van der Waals surface area contributed by atoms with Crippen molar-refractivity contribution in [2.45, 2.75) is 13.3 Å². The lowest BCUT2D eigenvalue weighted by molar-refractivity contribution is 0.292. The maximum Gasteiger partial charge on any atom is 0.144 e. The maximum atomic E-state index is 9.25. The Bertz CT molecular complexity index is 620. The standard InChI is InChI=1S/C15H16N4O/c1-11-14(12-3-6-17-7-4-12)9-13(10-16)15(19-11)18-5-2-8-20/h3-4,6-7,9,20H,2,5,8H2,1H3,(H,18,19). The Morgan fingerprint density at radius 2 is 2.10 bits per heavy atom. The highest BCUT2D eigenvalue weighted by atomic mass is 16.3. The molecule has 5 nitrogen and oxygen atoms in total. The molecule has 0 radical (unpaired) electrons. The van der Waals surface area contributed by atoms with Gasteiger partial charge in [-0.2, -0.15) is 5.26 Å². The number of aliphatic hydroxyl groups excluding tert-OH is 1. The van der Waals surface area contributed by atoms with Crippen molar-refractivity contribution in [3.63, 3.8) is 0 Å². The molecule has 0 atom stereocenters. The summed E-state index contributed by atoms with van der Waals surface area (Å²) in [6.07, 6.45) is 4.06. The van der Waals surface area contributed by atoms with Crippen LogP contribution < -0.4 is 5.32 Å². The lowest BCUT2D eigenvalue weighted by Gasteiger charge is -2.11. The molecule has 0 saturated carbocycles. The minimum absolute atomic E-state index is 0.114. The van der Waals surface area contributed by atoms with E-state index in [0.29, 0.717) is 24.3 Å². The second-order valence-corrected chi connectivity index (χ2v) is 4.37. The predicted octanol–water partition coefficient (Wildman–Crippen LogP) is 2.12. The largest absolute Gasteiger partial charge is 0.396 e. The van der Waals surface area contributed by atoms with Gasteiger partial charge in [0.25, 0.3) is 0 Å². The average Bonchev–Trinajstić information content (AvgIpc) is 2.48. The Labute approximate surface area is 117 Å². The molecule has 102 valence electrons. The molecule has 2 aromatic rings. The van der Waals surface area contributed by atoms with Crippen molar-refractivity contribution in [3.8, 4) is 17.2 Å². The molecule has 0 unspecified atom stereocenters. The summed E-state index contributed by atoms with van der Waals surface area (Å²) in [5.74, 6) is 0.566. The van der Waals surface area contributed by atoms with Crippen LogP contribution in [-0.4, -0.2) is 28.2 Å². The van der Waals surface area contributed by atoms with Crippen LogP contribution in [-0.2, 0) is 0 Å². The lowest BCUT2D eigenvalue weighted by atomic mass is 10.0. The highest BCUT2D eigenvalue weighted by Crippen LogP contribution is 2.25. The number of nitrogens with one attached hydrogen (secondary N) is 1. The monoisotopic (exact) mass is 268 g/mol. The summed E-state index contributed by atoms with van der Waals surface area (Å²) in [6.45, 7) is 2.61. The Balaban J connectivity index is 2.36. The molecule has 0 aromatic carbocycles. The molecule has 0 aliphatic carbocycles. The van der Waals surface area contributed by atoms with Crippen molar-refractivity contribution in [2.24, 2.45) is 0 Å². The minimum atomic E-state index is 0.114. The van der Waals surface area contributed by atoms with E-state index in [1.807, 2.05) is 25.1 Å². The van der Waals surface area contributed by atoms with Crippen molar-refractivity contribution in [2.75, 3.05) is 18.5 Å². The fourth-order valence-corrected chi connectivity index (χ4v) is 1.93. The third-order valence-corrected chi connectivity index (χ3v) is 2.95. The van der Waals surface area contributed by atoms with Gasteiger partial charge in [0.2, 0.25) is 0 Å².